The minimum absolute atomic E-state index is 0.449. The zero-order valence-electron chi connectivity index (χ0n) is 10.8. The smallest absolute Gasteiger partial charge is 0.199 e. The van der Waals surface area contributed by atoms with E-state index in [4.69, 9.17) is 10.5 Å². The molecule has 0 atom stereocenters. The van der Waals surface area contributed by atoms with Crippen molar-refractivity contribution in [3.8, 4) is 23.0 Å². The van der Waals surface area contributed by atoms with E-state index in [1.54, 1.807) is 54.7 Å². The van der Waals surface area contributed by atoms with Gasteiger partial charge in [-0.2, -0.15) is 0 Å². The van der Waals surface area contributed by atoms with Crippen LogP contribution in [0.5, 0.6) is 11.5 Å². The molecule has 0 saturated carbocycles. The molecule has 2 N–H and O–H groups in total. The molecule has 0 saturated heterocycles. The van der Waals surface area contributed by atoms with E-state index in [9.17, 15) is 0 Å². The molecular weight excluding hydrogens is 256 g/mol. The van der Waals surface area contributed by atoms with Crippen molar-refractivity contribution in [2.24, 2.45) is 7.05 Å². The lowest BCUT2D eigenvalue weighted by Crippen LogP contribution is -1.92. The molecule has 0 bridgehead atoms. The van der Waals surface area contributed by atoms with Crippen LogP contribution in [-0.2, 0) is 7.05 Å². The van der Waals surface area contributed by atoms with Gasteiger partial charge in [-0.25, -0.2) is 9.97 Å². The number of hydrogen-bond donors (Lipinski definition) is 1. The van der Waals surface area contributed by atoms with Crippen LogP contribution in [0.25, 0.3) is 11.5 Å². The van der Waals surface area contributed by atoms with E-state index >= 15 is 0 Å². The summed E-state index contributed by atoms with van der Waals surface area (Å²) in [5, 5.41) is 4.20. The average molecular weight is 268 g/mol. The molecule has 3 aromatic rings. The fourth-order valence-corrected chi connectivity index (χ4v) is 1.64. The zero-order chi connectivity index (χ0) is 13.9. The van der Waals surface area contributed by atoms with Crippen molar-refractivity contribution >= 4 is 5.82 Å². The third-order valence-corrected chi connectivity index (χ3v) is 2.56. The molecule has 0 aromatic carbocycles. The largest absolute Gasteiger partial charge is 0.456 e. The number of ether oxygens (including phenoxy) is 1. The molecule has 7 nitrogen and oxygen atoms in total. The number of aromatic nitrogens is 5. The number of rotatable bonds is 3. The van der Waals surface area contributed by atoms with Crippen LogP contribution >= 0.6 is 0 Å². The van der Waals surface area contributed by atoms with Crippen molar-refractivity contribution in [3.05, 3.63) is 43.0 Å². The Morgan fingerprint density at radius 3 is 2.70 bits per heavy atom. The maximum atomic E-state index is 5.68. The number of hydrogen-bond acceptors (Lipinski definition) is 6. The first kappa shape index (κ1) is 12.1. The Balaban J connectivity index is 1.86. The highest BCUT2D eigenvalue weighted by Gasteiger charge is 2.06. The number of nitrogens with two attached hydrogens (primary N) is 1. The van der Waals surface area contributed by atoms with Crippen LogP contribution in [0.2, 0.25) is 0 Å². The van der Waals surface area contributed by atoms with Crippen LogP contribution in [0.3, 0.4) is 0 Å². The summed E-state index contributed by atoms with van der Waals surface area (Å²) in [4.78, 5) is 12.3. The normalized spacial score (nSPS) is 10.4. The van der Waals surface area contributed by atoms with Gasteiger partial charge in [0, 0.05) is 19.3 Å². The third kappa shape index (κ3) is 2.56. The van der Waals surface area contributed by atoms with Gasteiger partial charge in [-0.1, -0.05) is 0 Å². The lowest BCUT2D eigenvalue weighted by Gasteiger charge is -2.05. The van der Waals surface area contributed by atoms with E-state index < -0.39 is 0 Å². The fourth-order valence-electron chi connectivity index (χ4n) is 1.64. The van der Waals surface area contributed by atoms with Gasteiger partial charge in [-0.15, -0.1) is 5.10 Å². The van der Waals surface area contributed by atoms with Gasteiger partial charge >= 0.3 is 0 Å². The molecule has 3 aromatic heterocycles. The number of nitrogen functional groups attached to an aromatic ring is 1. The molecule has 3 rings (SSSR count). The maximum absolute atomic E-state index is 5.68. The topological polar surface area (TPSA) is 91.7 Å². The summed E-state index contributed by atoms with van der Waals surface area (Å²) in [7, 11) is 1.80. The van der Waals surface area contributed by atoms with Crippen molar-refractivity contribution in [1.82, 2.24) is 24.7 Å². The summed E-state index contributed by atoms with van der Waals surface area (Å²) in [5.74, 6) is 2.23. The summed E-state index contributed by atoms with van der Waals surface area (Å²) in [6.07, 6.45) is 4.83. The van der Waals surface area contributed by atoms with Crippen molar-refractivity contribution in [2.75, 3.05) is 5.73 Å². The van der Waals surface area contributed by atoms with E-state index in [0.717, 1.165) is 0 Å². The lowest BCUT2D eigenvalue weighted by atomic mass is 10.3. The number of anilines is 1. The quantitative estimate of drug-likeness (QED) is 0.776. The standard InChI is InChI=1S/C13H12N6O/c1-19-8-17-13(18-19)11-6-9(4-5-15-11)20-10-2-3-12(14)16-7-10/h2-8H,1H3,(H2,14,16). The minimum atomic E-state index is 0.449. The highest BCUT2D eigenvalue weighted by Crippen LogP contribution is 2.23. The molecule has 0 radical (unpaired) electrons. The van der Waals surface area contributed by atoms with E-state index in [2.05, 4.69) is 20.1 Å². The van der Waals surface area contributed by atoms with Gasteiger partial charge in [0.25, 0.3) is 0 Å². The number of nitrogens with zero attached hydrogens (tertiary/aromatic N) is 5. The van der Waals surface area contributed by atoms with Gasteiger partial charge in [0.05, 0.1) is 6.20 Å². The molecular formula is C13H12N6O. The minimum Gasteiger partial charge on any atom is -0.456 e. The van der Waals surface area contributed by atoms with Gasteiger partial charge in [-0.05, 0) is 18.2 Å². The van der Waals surface area contributed by atoms with Gasteiger partial charge in [0.2, 0.25) is 0 Å². The number of aryl methyl sites for hydroxylation is 1. The molecule has 20 heavy (non-hydrogen) atoms. The third-order valence-electron chi connectivity index (χ3n) is 2.56. The van der Waals surface area contributed by atoms with Crippen molar-refractivity contribution < 1.29 is 4.74 Å². The Labute approximate surface area is 115 Å². The summed E-state index contributed by atoms with van der Waals surface area (Å²) in [5.41, 5.74) is 6.17. The van der Waals surface area contributed by atoms with Crippen LogP contribution in [0.4, 0.5) is 5.82 Å². The molecule has 0 amide bonds. The molecule has 7 heteroatoms. The molecule has 0 fully saturated rings. The van der Waals surface area contributed by atoms with Crippen LogP contribution in [0.1, 0.15) is 0 Å². The SMILES string of the molecule is Cn1cnc(-c2cc(Oc3ccc(N)nc3)ccn2)n1. The highest BCUT2D eigenvalue weighted by molar-refractivity contribution is 5.51. The maximum Gasteiger partial charge on any atom is 0.199 e. The summed E-state index contributed by atoms with van der Waals surface area (Å²) in [6.45, 7) is 0. The summed E-state index contributed by atoms with van der Waals surface area (Å²) < 4.78 is 7.30. The van der Waals surface area contributed by atoms with E-state index in [1.807, 2.05) is 0 Å². The van der Waals surface area contributed by atoms with Crippen LogP contribution in [-0.4, -0.2) is 24.7 Å². The molecule has 0 aliphatic rings. The Bertz CT molecular complexity index is 722. The number of pyridine rings is 2. The molecule has 0 aliphatic heterocycles. The Kier molecular flexibility index (Phi) is 3.00. The lowest BCUT2D eigenvalue weighted by molar-refractivity contribution is 0.480. The van der Waals surface area contributed by atoms with Crippen molar-refractivity contribution in [1.29, 1.82) is 0 Å². The van der Waals surface area contributed by atoms with Crippen molar-refractivity contribution in [2.45, 2.75) is 0 Å². The van der Waals surface area contributed by atoms with E-state index in [-0.39, 0.29) is 0 Å². The molecule has 100 valence electrons. The summed E-state index contributed by atoms with van der Waals surface area (Å²) >= 11 is 0. The predicted molar refractivity (Wildman–Crippen MR) is 73.0 cm³/mol. The Hall–Kier alpha value is -2.96. The highest BCUT2D eigenvalue weighted by atomic mass is 16.5. The van der Waals surface area contributed by atoms with E-state index in [1.165, 1.54) is 0 Å². The second kappa shape index (κ2) is 4.96. The van der Waals surface area contributed by atoms with Gasteiger partial charge < -0.3 is 10.5 Å². The van der Waals surface area contributed by atoms with Gasteiger partial charge in [0.1, 0.15) is 29.3 Å². The van der Waals surface area contributed by atoms with Crippen LogP contribution in [0.15, 0.2) is 43.0 Å². The first-order chi connectivity index (χ1) is 9.70. The molecule has 3 heterocycles. The Morgan fingerprint density at radius 1 is 1.10 bits per heavy atom. The van der Waals surface area contributed by atoms with E-state index in [0.29, 0.717) is 28.8 Å². The average Bonchev–Trinajstić information content (AvgIpc) is 2.89. The summed E-state index contributed by atoms with van der Waals surface area (Å²) in [6, 6.07) is 6.95. The monoisotopic (exact) mass is 268 g/mol. The second-order valence-corrected chi connectivity index (χ2v) is 4.14. The van der Waals surface area contributed by atoms with Crippen LogP contribution < -0.4 is 10.5 Å². The first-order valence-electron chi connectivity index (χ1n) is 5.92. The first-order valence-corrected chi connectivity index (χ1v) is 5.92. The predicted octanol–water partition coefficient (Wildman–Crippen LogP) is 1.65. The molecule has 0 unspecified atom stereocenters. The van der Waals surface area contributed by atoms with Gasteiger partial charge in [0.15, 0.2) is 5.82 Å². The van der Waals surface area contributed by atoms with Crippen molar-refractivity contribution in [3.63, 3.8) is 0 Å². The molecule has 0 spiro atoms. The Morgan fingerprint density at radius 2 is 2.00 bits per heavy atom. The second-order valence-electron chi connectivity index (χ2n) is 4.14. The van der Waals surface area contributed by atoms with Crippen LogP contribution in [0, 0.1) is 0 Å². The fraction of sp³-hybridized carbons (Fsp3) is 0.0769. The zero-order valence-corrected chi connectivity index (χ0v) is 10.8. The van der Waals surface area contributed by atoms with Gasteiger partial charge in [-0.3, -0.25) is 9.67 Å². The molecule has 0 aliphatic carbocycles.